The molecule has 39 heavy (non-hydrogen) atoms. The Morgan fingerprint density at radius 1 is 0.692 bits per heavy atom. The third kappa shape index (κ3) is 22.2. The molecule has 0 fully saturated rings. The standard InChI is InChI=1S/C27H45NO11/c1-27(2,3)39-26(31)28-9-11-33-13-15-35-17-19-37-21-20-36-18-16-34-14-12-32-10-8-25(30)38-24-6-4-23(22-29)5-7-24/h4-7,29H,8-22H2,1-3H3,(H,28,31). The van der Waals surface area contributed by atoms with Crippen LogP contribution in [0.3, 0.4) is 0 Å². The number of benzene rings is 1. The Kier molecular flexibility index (Phi) is 20.0. The lowest BCUT2D eigenvalue weighted by molar-refractivity contribution is -0.135. The van der Waals surface area contributed by atoms with Crippen LogP contribution in [0.1, 0.15) is 32.8 Å². The van der Waals surface area contributed by atoms with Crippen LogP contribution in [-0.2, 0) is 44.6 Å². The van der Waals surface area contributed by atoms with Gasteiger partial charge < -0.3 is 48.3 Å². The minimum Gasteiger partial charge on any atom is -0.444 e. The molecule has 0 radical (unpaired) electrons. The van der Waals surface area contributed by atoms with Crippen molar-refractivity contribution in [2.24, 2.45) is 0 Å². The summed E-state index contributed by atoms with van der Waals surface area (Å²) >= 11 is 0. The lowest BCUT2D eigenvalue weighted by atomic mass is 10.2. The second kappa shape index (κ2) is 22.5. The minimum atomic E-state index is -0.516. The fourth-order valence-electron chi connectivity index (χ4n) is 2.74. The number of alkyl carbamates (subject to hydrolysis) is 1. The van der Waals surface area contributed by atoms with Gasteiger partial charge in [-0.2, -0.15) is 0 Å². The van der Waals surface area contributed by atoms with Crippen LogP contribution in [0.15, 0.2) is 24.3 Å². The van der Waals surface area contributed by atoms with Crippen LogP contribution in [0.5, 0.6) is 5.75 Å². The summed E-state index contributed by atoms with van der Waals surface area (Å²) in [7, 11) is 0. The van der Waals surface area contributed by atoms with Crippen molar-refractivity contribution in [1.29, 1.82) is 0 Å². The van der Waals surface area contributed by atoms with Gasteiger partial charge >= 0.3 is 12.1 Å². The van der Waals surface area contributed by atoms with Crippen molar-refractivity contribution in [1.82, 2.24) is 5.32 Å². The number of amides is 1. The van der Waals surface area contributed by atoms with E-state index in [2.05, 4.69) is 5.32 Å². The van der Waals surface area contributed by atoms with Crippen LogP contribution in [0, 0.1) is 0 Å². The molecule has 224 valence electrons. The molecule has 0 spiro atoms. The Bertz CT molecular complexity index is 753. The van der Waals surface area contributed by atoms with E-state index in [1.807, 2.05) is 20.8 Å². The molecule has 0 atom stereocenters. The molecule has 12 nitrogen and oxygen atoms in total. The van der Waals surface area contributed by atoms with E-state index in [1.165, 1.54) is 0 Å². The number of rotatable bonds is 23. The van der Waals surface area contributed by atoms with Crippen LogP contribution in [-0.4, -0.2) is 109 Å². The second-order valence-electron chi connectivity index (χ2n) is 9.13. The van der Waals surface area contributed by atoms with Crippen LogP contribution in [0.25, 0.3) is 0 Å². The molecule has 1 rings (SSSR count). The zero-order chi connectivity index (χ0) is 28.6. The summed E-state index contributed by atoms with van der Waals surface area (Å²) in [6.45, 7) is 10.7. The van der Waals surface area contributed by atoms with Crippen LogP contribution < -0.4 is 10.1 Å². The summed E-state index contributed by atoms with van der Waals surface area (Å²) < 4.78 is 42.7. The Labute approximate surface area is 231 Å². The molecular formula is C27H45NO11. The average Bonchev–Trinajstić information content (AvgIpc) is 2.89. The highest BCUT2D eigenvalue weighted by molar-refractivity contribution is 5.72. The van der Waals surface area contributed by atoms with E-state index in [0.717, 1.165) is 5.56 Å². The van der Waals surface area contributed by atoms with Gasteiger partial charge in [-0.3, -0.25) is 4.79 Å². The Hall–Kier alpha value is -2.32. The molecular weight excluding hydrogens is 514 g/mol. The molecule has 1 amide bonds. The monoisotopic (exact) mass is 559 g/mol. The quantitative estimate of drug-likeness (QED) is 0.116. The second-order valence-corrected chi connectivity index (χ2v) is 9.13. The predicted molar refractivity (Wildman–Crippen MR) is 142 cm³/mol. The Balaban J connectivity index is 1.75. The first-order valence-electron chi connectivity index (χ1n) is 13.1. The third-order valence-corrected chi connectivity index (χ3v) is 4.56. The number of nitrogens with one attached hydrogen (secondary N) is 1. The molecule has 1 aromatic carbocycles. The van der Waals surface area contributed by atoms with E-state index < -0.39 is 11.7 Å². The van der Waals surface area contributed by atoms with Gasteiger partial charge in [0.2, 0.25) is 0 Å². The largest absolute Gasteiger partial charge is 0.444 e. The van der Waals surface area contributed by atoms with E-state index in [0.29, 0.717) is 85.0 Å². The van der Waals surface area contributed by atoms with Gasteiger partial charge in [-0.1, -0.05) is 12.1 Å². The van der Waals surface area contributed by atoms with Crippen LogP contribution in [0.4, 0.5) is 4.79 Å². The number of esters is 1. The number of carbonyl (C=O) groups excluding carboxylic acids is 2. The number of hydrogen-bond acceptors (Lipinski definition) is 11. The maximum Gasteiger partial charge on any atom is 0.407 e. The lowest BCUT2D eigenvalue weighted by Crippen LogP contribution is -2.34. The van der Waals surface area contributed by atoms with Crippen molar-refractivity contribution in [3.05, 3.63) is 29.8 Å². The van der Waals surface area contributed by atoms with Gasteiger partial charge in [0.25, 0.3) is 0 Å². The lowest BCUT2D eigenvalue weighted by Gasteiger charge is -2.19. The number of aliphatic hydroxyl groups is 1. The smallest absolute Gasteiger partial charge is 0.407 e. The molecule has 0 unspecified atom stereocenters. The number of aliphatic hydroxyl groups excluding tert-OH is 1. The maximum atomic E-state index is 11.8. The minimum absolute atomic E-state index is 0.0554. The van der Waals surface area contributed by atoms with Gasteiger partial charge in [0.1, 0.15) is 11.4 Å². The van der Waals surface area contributed by atoms with E-state index in [4.69, 9.17) is 43.0 Å². The third-order valence-electron chi connectivity index (χ3n) is 4.56. The first kappa shape index (κ1) is 34.7. The van der Waals surface area contributed by atoms with E-state index in [1.54, 1.807) is 24.3 Å². The Morgan fingerprint density at radius 2 is 1.13 bits per heavy atom. The average molecular weight is 560 g/mol. The summed E-state index contributed by atoms with van der Waals surface area (Å²) in [6.07, 6.45) is -0.322. The molecule has 0 aliphatic rings. The summed E-state index contributed by atoms with van der Waals surface area (Å²) in [5.41, 5.74) is 0.235. The fraction of sp³-hybridized carbons (Fsp3) is 0.704. The van der Waals surface area contributed by atoms with E-state index in [9.17, 15) is 9.59 Å². The fourth-order valence-corrected chi connectivity index (χ4v) is 2.74. The van der Waals surface area contributed by atoms with Crippen LogP contribution >= 0.6 is 0 Å². The van der Waals surface area contributed by atoms with Gasteiger partial charge in [-0.15, -0.1) is 0 Å². The Morgan fingerprint density at radius 3 is 1.56 bits per heavy atom. The summed E-state index contributed by atoms with van der Waals surface area (Å²) in [5, 5.41) is 11.6. The highest BCUT2D eigenvalue weighted by Crippen LogP contribution is 2.12. The topological polar surface area (TPSA) is 140 Å². The first-order valence-corrected chi connectivity index (χ1v) is 13.1. The zero-order valence-electron chi connectivity index (χ0n) is 23.4. The van der Waals surface area contributed by atoms with Crippen molar-refractivity contribution >= 4 is 12.1 Å². The number of hydrogen-bond donors (Lipinski definition) is 2. The van der Waals surface area contributed by atoms with Crippen molar-refractivity contribution in [3.8, 4) is 5.75 Å². The van der Waals surface area contributed by atoms with Gasteiger partial charge in [-0.25, -0.2) is 4.79 Å². The van der Waals surface area contributed by atoms with Gasteiger partial charge in [0.05, 0.1) is 92.3 Å². The molecule has 1 aromatic rings. The highest BCUT2D eigenvalue weighted by Gasteiger charge is 2.15. The summed E-state index contributed by atoms with van der Waals surface area (Å²) in [4.78, 5) is 23.2. The maximum absolute atomic E-state index is 11.8. The molecule has 0 aliphatic carbocycles. The molecule has 0 aromatic heterocycles. The molecule has 12 heteroatoms. The first-order chi connectivity index (χ1) is 18.8. The van der Waals surface area contributed by atoms with Crippen LogP contribution in [0.2, 0.25) is 0 Å². The summed E-state index contributed by atoms with van der Waals surface area (Å²) in [5.74, 6) is 0.0504. The molecule has 0 bridgehead atoms. The van der Waals surface area contributed by atoms with Crippen molar-refractivity contribution in [3.63, 3.8) is 0 Å². The zero-order valence-corrected chi connectivity index (χ0v) is 23.4. The number of carbonyl (C=O) groups is 2. The predicted octanol–water partition coefficient (Wildman–Crippen LogP) is 2.10. The normalized spacial score (nSPS) is 11.4. The van der Waals surface area contributed by atoms with Gasteiger partial charge in [-0.05, 0) is 38.5 Å². The van der Waals surface area contributed by atoms with E-state index >= 15 is 0 Å². The highest BCUT2D eigenvalue weighted by atomic mass is 16.6. The van der Waals surface area contributed by atoms with Crippen molar-refractivity contribution in [2.75, 3.05) is 85.8 Å². The molecule has 2 N–H and O–H groups in total. The van der Waals surface area contributed by atoms with E-state index in [-0.39, 0.29) is 25.6 Å². The molecule has 0 saturated heterocycles. The van der Waals surface area contributed by atoms with Crippen molar-refractivity contribution < 1.29 is 52.6 Å². The van der Waals surface area contributed by atoms with Gasteiger partial charge in [0, 0.05) is 6.54 Å². The molecule has 0 aliphatic heterocycles. The van der Waals surface area contributed by atoms with Crippen molar-refractivity contribution in [2.45, 2.75) is 39.4 Å². The SMILES string of the molecule is CC(C)(C)OC(=O)NCCOCCOCCOCCOCCOCCOCCC(=O)Oc1ccc(CO)cc1. The summed E-state index contributed by atoms with van der Waals surface area (Å²) in [6, 6.07) is 6.67. The number of ether oxygens (including phenoxy) is 8. The molecule has 0 heterocycles. The molecule has 0 saturated carbocycles. The van der Waals surface area contributed by atoms with Gasteiger partial charge in [0.15, 0.2) is 0 Å².